The van der Waals surface area contributed by atoms with Gasteiger partial charge in [-0.2, -0.15) is 5.10 Å². The normalized spacial score (nSPS) is 22.4. The fraction of sp³-hybridized carbons (Fsp3) is 0.267. The van der Waals surface area contributed by atoms with Crippen molar-refractivity contribution in [3.63, 3.8) is 0 Å². The number of nitrogens with zero attached hydrogens (tertiary/aromatic N) is 3. The minimum Gasteiger partial charge on any atom is -0.458 e. The number of esters is 1. The number of Topliss-reactive ketones (excluding diaryl/α,β-unsaturated/α-hetero) is 2. The van der Waals surface area contributed by atoms with E-state index in [-0.39, 0.29) is 16.8 Å². The number of nitro groups is 1. The number of carbonyl (C=O) groups is 3. The van der Waals surface area contributed by atoms with Crippen molar-refractivity contribution in [2.75, 3.05) is 0 Å². The number of ketones is 2. The molecule has 196 valence electrons. The van der Waals surface area contributed by atoms with Crippen LogP contribution in [0.2, 0.25) is 0 Å². The summed E-state index contributed by atoms with van der Waals surface area (Å²) in [5.74, 6) is -2.48. The molecule has 2 heterocycles. The van der Waals surface area contributed by atoms with Crippen LogP contribution in [-0.2, 0) is 9.53 Å². The molecular formula is C30H25N3O6. The summed E-state index contributed by atoms with van der Waals surface area (Å²) in [6.07, 6.45) is 1.62. The summed E-state index contributed by atoms with van der Waals surface area (Å²) in [6, 6.07) is 17.6. The zero-order chi connectivity index (χ0) is 27.7. The van der Waals surface area contributed by atoms with Crippen LogP contribution in [0.1, 0.15) is 70.1 Å². The number of hydrogen-bond acceptors (Lipinski definition) is 8. The highest BCUT2D eigenvalue weighted by Gasteiger charge is 2.73. The highest BCUT2D eigenvalue weighted by molar-refractivity contribution is 6.31. The summed E-state index contributed by atoms with van der Waals surface area (Å²) in [7, 11) is 0. The number of non-ortho nitro benzene ring substituents is 1. The molecule has 1 spiro atoms. The maximum Gasteiger partial charge on any atom is 0.331 e. The van der Waals surface area contributed by atoms with E-state index < -0.39 is 51.5 Å². The van der Waals surface area contributed by atoms with E-state index in [1.165, 1.54) is 29.3 Å². The van der Waals surface area contributed by atoms with Gasteiger partial charge in [0.1, 0.15) is 11.0 Å². The van der Waals surface area contributed by atoms with E-state index in [1.54, 1.807) is 51.3 Å². The summed E-state index contributed by atoms with van der Waals surface area (Å²) < 4.78 is 5.84. The molecule has 3 atom stereocenters. The van der Waals surface area contributed by atoms with E-state index in [4.69, 9.17) is 4.74 Å². The van der Waals surface area contributed by atoms with Crippen LogP contribution >= 0.6 is 0 Å². The van der Waals surface area contributed by atoms with Gasteiger partial charge in [-0.1, -0.05) is 60.7 Å². The lowest BCUT2D eigenvalue weighted by molar-refractivity contribution is -0.384. The van der Waals surface area contributed by atoms with Crippen molar-refractivity contribution in [3.05, 3.63) is 111 Å². The number of rotatable bonds is 3. The number of ether oxygens (including phenoxy) is 1. The molecule has 39 heavy (non-hydrogen) atoms. The first-order valence-corrected chi connectivity index (χ1v) is 12.6. The topological polar surface area (TPSA) is 119 Å². The van der Waals surface area contributed by atoms with Gasteiger partial charge in [-0.15, -0.1) is 0 Å². The monoisotopic (exact) mass is 523 g/mol. The lowest BCUT2D eigenvalue weighted by atomic mass is 9.63. The maximum absolute atomic E-state index is 14.5. The molecule has 1 fully saturated rings. The molecule has 3 aromatic carbocycles. The number of carbonyl (C=O) groups excluding carboxylic acids is 3. The molecule has 0 unspecified atom stereocenters. The first-order valence-electron chi connectivity index (χ1n) is 12.6. The second kappa shape index (κ2) is 8.42. The number of nitro benzene ring substituents is 1. The summed E-state index contributed by atoms with van der Waals surface area (Å²) in [6.45, 7) is 5.22. The molecule has 1 saturated heterocycles. The molecule has 9 heteroatoms. The first-order chi connectivity index (χ1) is 18.6. The van der Waals surface area contributed by atoms with Crippen molar-refractivity contribution in [1.82, 2.24) is 5.01 Å². The Balaban J connectivity index is 1.66. The third-order valence-electron chi connectivity index (χ3n) is 7.69. The molecule has 1 aliphatic carbocycles. The van der Waals surface area contributed by atoms with Gasteiger partial charge < -0.3 is 4.74 Å². The molecule has 3 aliphatic rings. The molecule has 0 amide bonds. The lowest BCUT2D eigenvalue weighted by Crippen LogP contribution is -2.44. The highest BCUT2D eigenvalue weighted by Crippen LogP contribution is 2.64. The molecule has 6 rings (SSSR count). The molecule has 2 aliphatic heterocycles. The third-order valence-corrected chi connectivity index (χ3v) is 7.69. The number of fused-ring (bicyclic) bond motifs is 5. The van der Waals surface area contributed by atoms with Gasteiger partial charge in [-0.25, -0.2) is 4.79 Å². The van der Waals surface area contributed by atoms with Crippen molar-refractivity contribution in [1.29, 1.82) is 0 Å². The Morgan fingerprint density at radius 1 is 0.949 bits per heavy atom. The smallest absolute Gasteiger partial charge is 0.331 e. The zero-order valence-electron chi connectivity index (χ0n) is 21.5. The second-order valence-corrected chi connectivity index (χ2v) is 11.0. The fourth-order valence-corrected chi connectivity index (χ4v) is 6.29. The van der Waals surface area contributed by atoms with Gasteiger partial charge in [0.05, 0.1) is 17.2 Å². The Morgan fingerprint density at radius 2 is 1.54 bits per heavy atom. The predicted octanol–water partition coefficient (Wildman–Crippen LogP) is 4.86. The van der Waals surface area contributed by atoms with E-state index in [0.29, 0.717) is 11.1 Å². The van der Waals surface area contributed by atoms with Crippen LogP contribution in [0.4, 0.5) is 5.69 Å². The molecule has 0 bridgehead atoms. The van der Waals surface area contributed by atoms with E-state index >= 15 is 0 Å². The minimum atomic E-state index is -1.75. The van der Waals surface area contributed by atoms with Gasteiger partial charge >= 0.3 is 5.97 Å². The SMILES string of the molecule is CC(C)(C)OC(=O)[C@H]1[C@@H](c2ccc([N+](=O)[O-])cc2)C2(C(=O)c3ccccc3C2=O)[C@H]2c3ccccc3C=NN12. The summed E-state index contributed by atoms with van der Waals surface area (Å²) in [5.41, 5.74) is -0.317. The number of benzene rings is 3. The van der Waals surface area contributed by atoms with Gasteiger partial charge in [0, 0.05) is 29.2 Å². The Labute approximate surface area is 224 Å². The summed E-state index contributed by atoms with van der Waals surface area (Å²) in [5, 5.41) is 17.6. The largest absolute Gasteiger partial charge is 0.458 e. The molecule has 3 aromatic rings. The molecule has 9 nitrogen and oxygen atoms in total. The lowest BCUT2D eigenvalue weighted by Gasteiger charge is -2.36. The van der Waals surface area contributed by atoms with E-state index in [1.807, 2.05) is 24.3 Å². The first kappa shape index (κ1) is 24.7. The Hall–Kier alpha value is -4.66. The van der Waals surface area contributed by atoms with Gasteiger partial charge in [0.15, 0.2) is 17.6 Å². The van der Waals surface area contributed by atoms with E-state index in [0.717, 1.165) is 5.56 Å². The highest BCUT2D eigenvalue weighted by atomic mass is 16.6. The van der Waals surface area contributed by atoms with Crippen molar-refractivity contribution in [2.24, 2.45) is 10.5 Å². The average Bonchev–Trinajstić information content (AvgIpc) is 3.34. The molecule has 0 aromatic heterocycles. The number of hydrazone groups is 1. The van der Waals surface area contributed by atoms with Crippen LogP contribution in [0.5, 0.6) is 0 Å². The fourth-order valence-electron chi connectivity index (χ4n) is 6.29. The Bertz CT molecular complexity index is 1550. The van der Waals surface area contributed by atoms with E-state index in [9.17, 15) is 24.5 Å². The zero-order valence-corrected chi connectivity index (χ0v) is 21.5. The van der Waals surface area contributed by atoms with Crippen molar-refractivity contribution >= 4 is 29.4 Å². The van der Waals surface area contributed by atoms with Crippen LogP contribution < -0.4 is 0 Å². The predicted molar refractivity (Wildman–Crippen MR) is 142 cm³/mol. The van der Waals surface area contributed by atoms with Crippen molar-refractivity contribution in [3.8, 4) is 0 Å². The van der Waals surface area contributed by atoms with Gasteiger partial charge in [-0.3, -0.25) is 24.7 Å². The van der Waals surface area contributed by atoms with Gasteiger partial charge in [0.25, 0.3) is 5.69 Å². The standard InChI is InChI=1S/C30H25N3O6/c1-29(2,3)39-28(36)24-23(17-12-14-19(15-13-17)33(37)38)30(26(34)21-10-6-7-11-22(21)27(30)35)25-20-9-5-4-8-18(20)16-31-32(24)25/h4-16,23-25H,1-3H3/t23-,24-,25-/m1/s1. The van der Waals surface area contributed by atoms with Crippen LogP contribution in [0, 0.1) is 15.5 Å². The third kappa shape index (κ3) is 3.46. The summed E-state index contributed by atoms with van der Waals surface area (Å²) >= 11 is 0. The number of hydrogen-bond donors (Lipinski definition) is 0. The van der Waals surface area contributed by atoms with Crippen molar-refractivity contribution in [2.45, 2.75) is 44.4 Å². The summed E-state index contributed by atoms with van der Waals surface area (Å²) in [4.78, 5) is 53.9. The van der Waals surface area contributed by atoms with Crippen LogP contribution in [0.25, 0.3) is 0 Å². The van der Waals surface area contributed by atoms with Gasteiger partial charge in [0.2, 0.25) is 0 Å². The quantitative estimate of drug-likeness (QED) is 0.208. The van der Waals surface area contributed by atoms with Gasteiger partial charge in [-0.05, 0) is 37.5 Å². The molecule has 0 radical (unpaired) electrons. The molecular weight excluding hydrogens is 498 g/mol. The maximum atomic E-state index is 14.5. The van der Waals surface area contributed by atoms with Crippen molar-refractivity contribution < 1.29 is 24.0 Å². The van der Waals surface area contributed by atoms with E-state index in [2.05, 4.69) is 5.10 Å². The van der Waals surface area contributed by atoms with Crippen LogP contribution in [-0.4, -0.2) is 45.3 Å². The molecule has 0 saturated carbocycles. The average molecular weight is 524 g/mol. The Morgan fingerprint density at radius 3 is 2.13 bits per heavy atom. The van der Waals surface area contributed by atoms with Crippen LogP contribution in [0.15, 0.2) is 77.9 Å². The minimum absolute atomic E-state index is 0.145. The second-order valence-electron chi connectivity index (χ2n) is 11.0. The van der Waals surface area contributed by atoms with Crippen LogP contribution in [0.3, 0.4) is 0 Å². The Kier molecular flexibility index (Phi) is 5.33. The molecule has 0 N–H and O–H groups in total.